The van der Waals surface area contributed by atoms with Crippen LogP contribution in [0.1, 0.15) is 11.7 Å². The molecule has 2 rings (SSSR count). The predicted molar refractivity (Wildman–Crippen MR) is 74.4 cm³/mol. The average molecular weight is 282 g/mol. The molecule has 0 saturated carbocycles. The molecular formula is C13H18N2O3S. The zero-order valence-corrected chi connectivity index (χ0v) is 11.9. The van der Waals surface area contributed by atoms with Gasteiger partial charge in [0.15, 0.2) is 0 Å². The molecule has 6 heteroatoms. The molecule has 2 unspecified atom stereocenters. The summed E-state index contributed by atoms with van der Waals surface area (Å²) < 4.78 is 16.4. The molecule has 1 heterocycles. The first-order valence-electron chi connectivity index (χ1n) is 6.08. The van der Waals surface area contributed by atoms with E-state index < -0.39 is 10.8 Å². The number of carbonyl (C=O) groups is 1. The van der Waals surface area contributed by atoms with Crippen LogP contribution in [0.25, 0.3) is 0 Å². The first-order valence-corrected chi connectivity index (χ1v) is 7.81. The zero-order chi connectivity index (χ0) is 13.8. The minimum absolute atomic E-state index is 0.0401. The first kappa shape index (κ1) is 14.0. The second-order valence-electron chi connectivity index (χ2n) is 4.42. The summed E-state index contributed by atoms with van der Waals surface area (Å²) in [5, 5.41) is 3.17. The van der Waals surface area contributed by atoms with E-state index in [2.05, 4.69) is 5.32 Å². The minimum Gasteiger partial charge on any atom is -0.497 e. The van der Waals surface area contributed by atoms with E-state index in [0.717, 1.165) is 11.3 Å². The molecule has 0 bridgehead atoms. The standard InChI is InChI=1S/C13H18N2O3S/c1-18-11-5-3-4-10(8-11)13-14-9-12(16)15(13)6-7-19(2)17/h3-5,8,13-14H,6-7,9H2,1-2H3. The van der Waals surface area contributed by atoms with Gasteiger partial charge in [-0.15, -0.1) is 0 Å². The van der Waals surface area contributed by atoms with Gasteiger partial charge in [0, 0.05) is 29.4 Å². The topological polar surface area (TPSA) is 58.6 Å². The number of methoxy groups -OCH3 is 1. The highest BCUT2D eigenvalue weighted by Gasteiger charge is 2.31. The van der Waals surface area contributed by atoms with Crippen LogP contribution < -0.4 is 10.1 Å². The van der Waals surface area contributed by atoms with Gasteiger partial charge in [0.1, 0.15) is 11.9 Å². The maximum absolute atomic E-state index is 11.9. The molecule has 1 N–H and O–H groups in total. The lowest BCUT2D eigenvalue weighted by atomic mass is 10.1. The normalized spacial score (nSPS) is 20.6. The number of hydrogen-bond acceptors (Lipinski definition) is 4. The Hall–Kier alpha value is -1.40. The Labute approximate surface area is 115 Å². The summed E-state index contributed by atoms with van der Waals surface area (Å²) in [4.78, 5) is 13.6. The lowest BCUT2D eigenvalue weighted by molar-refractivity contribution is -0.127. The van der Waals surface area contributed by atoms with Crippen molar-refractivity contribution < 1.29 is 13.7 Å². The fraction of sp³-hybridized carbons (Fsp3) is 0.462. The van der Waals surface area contributed by atoms with Crippen molar-refractivity contribution in [3.63, 3.8) is 0 Å². The zero-order valence-electron chi connectivity index (χ0n) is 11.1. The Bertz CT molecular complexity index is 493. The Morgan fingerprint density at radius 3 is 3.00 bits per heavy atom. The maximum Gasteiger partial charge on any atom is 0.238 e. The second-order valence-corrected chi connectivity index (χ2v) is 5.98. The van der Waals surface area contributed by atoms with Crippen molar-refractivity contribution in [1.82, 2.24) is 10.2 Å². The van der Waals surface area contributed by atoms with Crippen molar-refractivity contribution in [3.05, 3.63) is 29.8 Å². The minimum atomic E-state index is -0.900. The highest BCUT2D eigenvalue weighted by Crippen LogP contribution is 2.25. The number of nitrogens with zero attached hydrogens (tertiary/aromatic N) is 1. The van der Waals surface area contributed by atoms with Crippen LogP contribution in [-0.4, -0.2) is 47.2 Å². The van der Waals surface area contributed by atoms with E-state index in [1.54, 1.807) is 18.3 Å². The van der Waals surface area contributed by atoms with Crippen LogP contribution in [0.5, 0.6) is 5.75 Å². The maximum atomic E-state index is 11.9. The third kappa shape index (κ3) is 3.33. The summed E-state index contributed by atoms with van der Waals surface area (Å²) >= 11 is 0. The van der Waals surface area contributed by atoms with Gasteiger partial charge >= 0.3 is 0 Å². The fourth-order valence-electron chi connectivity index (χ4n) is 2.13. The van der Waals surface area contributed by atoms with Crippen LogP contribution >= 0.6 is 0 Å². The highest BCUT2D eigenvalue weighted by molar-refractivity contribution is 7.84. The van der Waals surface area contributed by atoms with Gasteiger partial charge in [-0.25, -0.2) is 0 Å². The van der Waals surface area contributed by atoms with E-state index >= 15 is 0 Å². The lowest BCUT2D eigenvalue weighted by Gasteiger charge is -2.24. The molecule has 0 aromatic heterocycles. The van der Waals surface area contributed by atoms with Crippen molar-refractivity contribution in [2.75, 3.05) is 32.2 Å². The van der Waals surface area contributed by atoms with Gasteiger partial charge < -0.3 is 9.64 Å². The third-order valence-corrected chi connectivity index (χ3v) is 3.87. The summed E-state index contributed by atoms with van der Waals surface area (Å²) in [5.41, 5.74) is 0.979. The van der Waals surface area contributed by atoms with Crippen molar-refractivity contribution in [3.8, 4) is 5.75 Å². The summed E-state index contributed by atoms with van der Waals surface area (Å²) in [6, 6.07) is 7.63. The molecule has 1 aliphatic heterocycles. The van der Waals surface area contributed by atoms with Crippen LogP contribution in [0.15, 0.2) is 24.3 Å². The molecule has 2 atom stereocenters. The van der Waals surface area contributed by atoms with Crippen LogP contribution in [0.2, 0.25) is 0 Å². The summed E-state index contributed by atoms with van der Waals surface area (Å²) in [6.45, 7) is 0.815. The van der Waals surface area contributed by atoms with Crippen LogP contribution in [0.3, 0.4) is 0 Å². The number of nitrogens with one attached hydrogen (secondary N) is 1. The van der Waals surface area contributed by atoms with Gasteiger partial charge in [-0.1, -0.05) is 12.1 Å². The van der Waals surface area contributed by atoms with Gasteiger partial charge in [-0.2, -0.15) is 0 Å². The van der Waals surface area contributed by atoms with Crippen molar-refractivity contribution in [2.24, 2.45) is 0 Å². The van der Waals surface area contributed by atoms with E-state index in [1.807, 2.05) is 24.3 Å². The van der Waals surface area contributed by atoms with E-state index in [4.69, 9.17) is 4.74 Å². The molecule has 1 aromatic rings. The average Bonchev–Trinajstić information content (AvgIpc) is 2.77. The Balaban J connectivity index is 2.16. The number of hydrogen-bond donors (Lipinski definition) is 1. The second kappa shape index (κ2) is 6.16. The van der Waals surface area contributed by atoms with Gasteiger partial charge in [-0.3, -0.25) is 14.3 Å². The first-order chi connectivity index (χ1) is 9.11. The van der Waals surface area contributed by atoms with Crippen molar-refractivity contribution in [1.29, 1.82) is 0 Å². The fourth-order valence-corrected chi connectivity index (χ4v) is 2.58. The van der Waals surface area contributed by atoms with Gasteiger partial charge in [0.25, 0.3) is 0 Å². The van der Waals surface area contributed by atoms with Crippen LogP contribution in [-0.2, 0) is 15.6 Å². The molecule has 19 heavy (non-hydrogen) atoms. The molecule has 1 aromatic carbocycles. The van der Waals surface area contributed by atoms with Gasteiger partial charge in [0.05, 0.1) is 13.7 Å². The smallest absolute Gasteiger partial charge is 0.238 e. The molecular weight excluding hydrogens is 264 g/mol. The number of benzene rings is 1. The molecule has 1 aliphatic rings. The Kier molecular flexibility index (Phi) is 4.55. The van der Waals surface area contributed by atoms with E-state index in [9.17, 15) is 9.00 Å². The molecule has 1 saturated heterocycles. The molecule has 0 aliphatic carbocycles. The van der Waals surface area contributed by atoms with E-state index in [-0.39, 0.29) is 12.1 Å². The summed E-state index contributed by atoms with van der Waals surface area (Å²) in [5.74, 6) is 1.30. The largest absolute Gasteiger partial charge is 0.497 e. The van der Waals surface area contributed by atoms with Crippen LogP contribution in [0, 0.1) is 0 Å². The van der Waals surface area contributed by atoms with Crippen LogP contribution in [0.4, 0.5) is 0 Å². The van der Waals surface area contributed by atoms with Gasteiger partial charge in [-0.05, 0) is 17.7 Å². The Morgan fingerprint density at radius 1 is 1.53 bits per heavy atom. The van der Waals surface area contributed by atoms with Crippen molar-refractivity contribution in [2.45, 2.75) is 6.17 Å². The SMILES string of the molecule is COc1cccc(C2NCC(=O)N2CCS(C)=O)c1. The number of rotatable bonds is 5. The molecule has 0 radical (unpaired) electrons. The summed E-state index contributed by atoms with van der Waals surface area (Å²) in [7, 11) is 0.715. The number of carbonyl (C=O) groups excluding carboxylic acids is 1. The van der Waals surface area contributed by atoms with E-state index in [0.29, 0.717) is 18.8 Å². The summed E-state index contributed by atoms with van der Waals surface area (Å²) in [6.07, 6.45) is 1.49. The third-order valence-electron chi connectivity index (χ3n) is 3.11. The lowest BCUT2D eigenvalue weighted by Crippen LogP contribution is -2.33. The number of amides is 1. The van der Waals surface area contributed by atoms with Crippen molar-refractivity contribution >= 4 is 16.7 Å². The monoisotopic (exact) mass is 282 g/mol. The molecule has 104 valence electrons. The quantitative estimate of drug-likeness (QED) is 0.854. The van der Waals surface area contributed by atoms with Gasteiger partial charge in [0.2, 0.25) is 5.91 Å². The Morgan fingerprint density at radius 2 is 2.32 bits per heavy atom. The molecule has 5 nitrogen and oxygen atoms in total. The molecule has 0 spiro atoms. The predicted octanol–water partition coefficient (Wildman–Crippen LogP) is 0.504. The molecule has 1 amide bonds. The highest BCUT2D eigenvalue weighted by atomic mass is 32.2. The molecule has 1 fully saturated rings. The van der Waals surface area contributed by atoms with E-state index in [1.165, 1.54) is 0 Å². The number of ether oxygens (including phenoxy) is 1.